The molecule has 0 saturated heterocycles. The van der Waals surface area contributed by atoms with Gasteiger partial charge in [-0.1, -0.05) is 12.1 Å². The van der Waals surface area contributed by atoms with Crippen LogP contribution in [-0.4, -0.2) is 10.9 Å². The summed E-state index contributed by atoms with van der Waals surface area (Å²) >= 11 is 0. The highest BCUT2D eigenvalue weighted by Crippen LogP contribution is 2.60. The van der Waals surface area contributed by atoms with Crippen molar-refractivity contribution in [2.24, 2.45) is 17.8 Å². The summed E-state index contributed by atoms with van der Waals surface area (Å²) in [5, 5.41) is 2.98. The molecule has 1 heterocycles. The standard InChI is InChI=1S/C22H24N2O.ClH/c25-21(18-2-1-7-23-14-18)24-20-5-3-19(4-6-20)22-11-15-8-16(12-22)10-17(9-15)13-22;/h1-7,14-17H,8-13H2,(H,24,25);1H. The Morgan fingerprint density at radius 2 is 1.58 bits per heavy atom. The number of aromatic nitrogens is 1. The molecule has 3 nitrogen and oxygen atoms in total. The van der Waals surface area contributed by atoms with E-state index in [2.05, 4.69) is 34.6 Å². The Labute approximate surface area is 161 Å². The molecule has 4 saturated carbocycles. The van der Waals surface area contributed by atoms with E-state index in [1.807, 2.05) is 0 Å². The molecule has 1 N–H and O–H groups in total. The number of nitrogens with one attached hydrogen (secondary N) is 1. The Hall–Kier alpha value is -1.87. The molecule has 26 heavy (non-hydrogen) atoms. The van der Waals surface area contributed by atoms with E-state index in [9.17, 15) is 4.79 Å². The van der Waals surface area contributed by atoms with Crippen LogP contribution in [0, 0.1) is 17.8 Å². The van der Waals surface area contributed by atoms with Crippen molar-refractivity contribution in [1.82, 2.24) is 4.98 Å². The van der Waals surface area contributed by atoms with Gasteiger partial charge in [0.05, 0.1) is 5.56 Å². The van der Waals surface area contributed by atoms with Gasteiger partial charge in [0.15, 0.2) is 0 Å². The van der Waals surface area contributed by atoms with Gasteiger partial charge in [0.2, 0.25) is 0 Å². The van der Waals surface area contributed by atoms with Gasteiger partial charge < -0.3 is 5.32 Å². The predicted octanol–water partition coefficient (Wildman–Crippen LogP) is 5.22. The highest BCUT2D eigenvalue weighted by Gasteiger charge is 2.51. The normalized spacial score (nSPS) is 31.3. The minimum absolute atomic E-state index is 0. The van der Waals surface area contributed by atoms with Crippen LogP contribution in [0.4, 0.5) is 5.69 Å². The first kappa shape index (κ1) is 17.5. The molecule has 4 heteroatoms. The molecule has 1 aromatic carbocycles. The summed E-state index contributed by atoms with van der Waals surface area (Å²) in [7, 11) is 0. The van der Waals surface area contributed by atoms with Crippen LogP contribution in [-0.2, 0) is 5.41 Å². The number of hydrogen-bond donors (Lipinski definition) is 1. The second-order valence-electron chi connectivity index (χ2n) is 8.47. The monoisotopic (exact) mass is 368 g/mol. The number of nitrogens with zero attached hydrogens (tertiary/aromatic N) is 1. The summed E-state index contributed by atoms with van der Waals surface area (Å²) in [5.41, 5.74) is 3.36. The molecule has 4 aliphatic carbocycles. The van der Waals surface area contributed by atoms with Gasteiger partial charge in [-0.05, 0) is 91.5 Å². The summed E-state index contributed by atoms with van der Waals surface area (Å²) in [4.78, 5) is 16.3. The van der Waals surface area contributed by atoms with Crippen molar-refractivity contribution in [1.29, 1.82) is 0 Å². The number of carbonyl (C=O) groups excluding carboxylic acids is 1. The number of amides is 1. The van der Waals surface area contributed by atoms with Gasteiger partial charge in [-0.15, -0.1) is 12.4 Å². The number of hydrogen-bond acceptors (Lipinski definition) is 2. The summed E-state index contributed by atoms with van der Waals surface area (Å²) in [6, 6.07) is 12.2. The van der Waals surface area contributed by atoms with Crippen molar-refractivity contribution < 1.29 is 4.79 Å². The number of benzene rings is 1. The number of rotatable bonds is 3. The highest BCUT2D eigenvalue weighted by atomic mass is 35.5. The Bertz CT molecular complexity index is 752. The molecule has 4 bridgehead atoms. The van der Waals surface area contributed by atoms with Crippen LogP contribution < -0.4 is 5.32 Å². The van der Waals surface area contributed by atoms with Gasteiger partial charge in [-0.2, -0.15) is 0 Å². The fraction of sp³-hybridized carbons (Fsp3) is 0.455. The van der Waals surface area contributed by atoms with E-state index >= 15 is 0 Å². The largest absolute Gasteiger partial charge is 0.322 e. The fourth-order valence-electron chi connectivity index (χ4n) is 6.07. The van der Waals surface area contributed by atoms with Crippen LogP contribution >= 0.6 is 12.4 Å². The third-order valence-corrected chi connectivity index (χ3v) is 6.72. The molecule has 2 aromatic rings. The molecule has 6 rings (SSSR count). The zero-order chi connectivity index (χ0) is 16.9. The van der Waals surface area contributed by atoms with Crippen molar-refractivity contribution in [2.75, 3.05) is 5.32 Å². The zero-order valence-electron chi connectivity index (χ0n) is 14.9. The average Bonchev–Trinajstić information content (AvgIpc) is 2.62. The first-order chi connectivity index (χ1) is 12.2. The topological polar surface area (TPSA) is 42.0 Å². The molecule has 0 atom stereocenters. The van der Waals surface area contributed by atoms with Crippen molar-refractivity contribution in [2.45, 2.75) is 43.9 Å². The SMILES string of the molecule is Cl.O=C(Nc1ccc(C23CC4CC(CC(C4)C2)C3)cc1)c1cccnc1. The van der Waals surface area contributed by atoms with E-state index in [-0.39, 0.29) is 18.3 Å². The summed E-state index contributed by atoms with van der Waals surface area (Å²) in [6.45, 7) is 0. The van der Waals surface area contributed by atoms with E-state index in [4.69, 9.17) is 0 Å². The molecule has 4 fully saturated rings. The van der Waals surface area contributed by atoms with Crippen LogP contribution in [0.3, 0.4) is 0 Å². The number of pyridine rings is 1. The lowest BCUT2D eigenvalue weighted by Crippen LogP contribution is -2.48. The van der Waals surface area contributed by atoms with Crippen LogP contribution in [0.15, 0.2) is 48.8 Å². The molecule has 1 amide bonds. The molecular weight excluding hydrogens is 344 g/mol. The number of anilines is 1. The Morgan fingerprint density at radius 3 is 2.12 bits per heavy atom. The molecule has 0 unspecified atom stereocenters. The van der Waals surface area contributed by atoms with Gasteiger partial charge >= 0.3 is 0 Å². The van der Waals surface area contributed by atoms with E-state index in [1.54, 1.807) is 24.5 Å². The summed E-state index contributed by atoms with van der Waals surface area (Å²) in [5.74, 6) is 2.76. The van der Waals surface area contributed by atoms with E-state index in [0.29, 0.717) is 11.0 Å². The van der Waals surface area contributed by atoms with Crippen LogP contribution in [0.2, 0.25) is 0 Å². The third kappa shape index (κ3) is 3.03. The maximum Gasteiger partial charge on any atom is 0.257 e. The summed E-state index contributed by atoms with van der Waals surface area (Å²) in [6.07, 6.45) is 11.8. The van der Waals surface area contributed by atoms with Gasteiger partial charge in [-0.3, -0.25) is 9.78 Å². The lowest BCUT2D eigenvalue weighted by molar-refractivity contribution is -0.00518. The van der Waals surface area contributed by atoms with Crippen molar-refractivity contribution in [3.8, 4) is 0 Å². The quantitative estimate of drug-likeness (QED) is 0.806. The molecule has 1 aromatic heterocycles. The lowest BCUT2D eigenvalue weighted by atomic mass is 9.48. The molecule has 0 spiro atoms. The Balaban J connectivity index is 0.00000168. The smallest absolute Gasteiger partial charge is 0.257 e. The van der Waals surface area contributed by atoms with Gasteiger partial charge in [0.25, 0.3) is 5.91 Å². The van der Waals surface area contributed by atoms with Crippen LogP contribution in [0.1, 0.15) is 54.4 Å². The molecule has 0 aliphatic heterocycles. The third-order valence-electron chi connectivity index (χ3n) is 6.72. The minimum Gasteiger partial charge on any atom is -0.322 e. The van der Waals surface area contributed by atoms with E-state index in [1.165, 1.54) is 44.1 Å². The Morgan fingerprint density at radius 1 is 0.962 bits per heavy atom. The van der Waals surface area contributed by atoms with Crippen molar-refractivity contribution >= 4 is 24.0 Å². The predicted molar refractivity (Wildman–Crippen MR) is 106 cm³/mol. The maximum absolute atomic E-state index is 12.3. The first-order valence-corrected chi connectivity index (χ1v) is 9.52. The van der Waals surface area contributed by atoms with Crippen LogP contribution in [0.25, 0.3) is 0 Å². The zero-order valence-corrected chi connectivity index (χ0v) is 15.7. The second-order valence-corrected chi connectivity index (χ2v) is 8.47. The van der Waals surface area contributed by atoms with E-state index < -0.39 is 0 Å². The van der Waals surface area contributed by atoms with Crippen LogP contribution in [0.5, 0.6) is 0 Å². The lowest BCUT2D eigenvalue weighted by Gasteiger charge is -2.57. The van der Waals surface area contributed by atoms with Crippen molar-refractivity contribution in [3.05, 3.63) is 59.9 Å². The average molecular weight is 369 g/mol. The van der Waals surface area contributed by atoms with Gasteiger partial charge in [0.1, 0.15) is 0 Å². The van der Waals surface area contributed by atoms with Crippen molar-refractivity contribution in [3.63, 3.8) is 0 Å². The molecule has 136 valence electrons. The van der Waals surface area contributed by atoms with E-state index in [0.717, 1.165) is 23.4 Å². The van der Waals surface area contributed by atoms with Gasteiger partial charge in [0, 0.05) is 18.1 Å². The Kier molecular flexibility index (Phi) is 4.52. The first-order valence-electron chi connectivity index (χ1n) is 9.52. The highest BCUT2D eigenvalue weighted by molar-refractivity contribution is 6.04. The molecule has 4 aliphatic rings. The summed E-state index contributed by atoms with van der Waals surface area (Å²) < 4.78 is 0. The molecule has 0 radical (unpaired) electrons. The number of carbonyl (C=O) groups is 1. The van der Waals surface area contributed by atoms with Gasteiger partial charge in [-0.25, -0.2) is 0 Å². The fourth-order valence-corrected chi connectivity index (χ4v) is 6.07. The maximum atomic E-state index is 12.3. The number of halogens is 1. The second kappa shape index (κ2) is 6.70. The molecular formula is C22H25ClN2O. The minimum atomic E-state index is -0.101.